The van der Waals surface area contributed by atoms with Crippen LogP contribution in [0, 0.1) is 22.0 Å². The van der Waals surface area contributed by atoms with Crippen molar-refractivity contribution in [1.29, 1.82) is 0 Å². The van der Waals surface area contributed by atoms with Gasteiger partial charge in [-0.2, -0.15) is 8.62 Å². The molecule has 1 fully saturated rings. The molecule has 1 aliphatic carbocycles. The van der Waals surface area contributed by atoms with Gasteiger partial charge in [-0.15, -0.1) is 0 Å². The van der Waals surface area contributed by atoms with E-state index in [0.717, 1.165) is 22.9 Å². The molecule has 9 N–H and O–H groups in total. The highest BCUT2D eigenvalue weighted by atomic mass is 35.5. The Balaban J connectivity index is 1.03. The molecule has 408 valence electrons. The minimum absolute atomic E-state index is 0.0136. The van der Waals surface area contributed by atoms with Crippen LogP contribution in [0.1, 0.15) is 50.1 Å². The lowest BCUT2D eigenvalue weighted by atomic mass is 9.89. The summed E-state index contributed by atoms with van der Waals surface area (Å²) in [6.45, 7) is -2.39. The van der Waals surface area contributed by atoms with Crippen molar-refractivity contribution < 1.29 is 99.6 Å². The topological polar surface area (TPSA) is 432 Å². The molecule has 1 saturated heterocycles. The summed E-state index contributed by atoms with van der Waals surface area (Å²) < 4.78 is 74.7. The second kappa shape index (κ2) is 23.0. The number of nitro groups is 1. The first-order valence-electron chi connectivity index (χ1n) is 21.3. The summed E-state index contributed by atoms with van der Waals surface area (Å²) in [5.74, 6) is 1.99. The third-order valence-electron chi connectivity index (χ3n) is 11.0. The molecule has 2 unspecified atom stereocenters. The fraction of sp³-hybridized carbons (Fsp3) is 0.233. The Bertz CT molecular complexity index is 3760. The van der Waals surface area contributed by atoms with Crippen molar-refractivity contribution >= 4 is 75.2 Å². The molecule has 34 heteroatoms. The maximum Gasteiger partial charge on any atom is 0.490 e. The maximum atomic E-state index is 13.6. The van der Waals surface area contributed by atoms with Crippen molar-refractivity contribution in [1.82, 2.24) is 14.9 Å². The molecule has 0 saturated carbocycles. The number of phosphoric acid groups is 3. The number of carboxylic acid groups (broad SMARTS) is 1. The number of hydrogen-bond acceptors (Lipinski definition) is 20. The van der Waals surface area contributed by atoms with E-state index in [4.69, 9.17) is 56.4 Å². The van der Waals surface area contributed by atoms with Crippen LogP contribution in [0.4, 0.5) is 5.69 Å². The fourth-order valence-corrected chi connectivity index (χ4v) is 11.1. The third kappa shape index (κ3) is 13.1. The van der Waals surface area contributed by atoms with Gasteiger partial charge in [0.15, 0.2) is 28.6 Å². The van der Waals surface area contributed by atoms with Crippen molar-refractivity contribution in [2.45, 2.75) is 38.1 Å². The number of phosphoric ester groups is 1. The van der Waals surface area contributed by atoms with Gasteiger partial charge < -0.3 is 63.6 Å². The summed E-state index contributed by atoms with van der Waals surface area (Å²) in [6.07, 6.45) is -3.83. The van der Waals surface area contributed by atoms with Crippen LogP contribution < -0.4 is 31.5 Å². The molecular formula is C43H37Cl2N4O25P3. The number of ether oxygens (including phenoxy) is 4. The van der Waals surface area contributed by atoms with E-state index in [0.29, 0.717) is 0 Å². The number of H-pyrrole nitrogens is 1. The number of halogens is 2. The number of hydrogen-bond donors (Lipinski definition) is 9. The number of aromatic carboxylic acids is 1. The van der Waals surface area contributed by atoms with E-state index in [-0.39, 0.29) is 84.3 Å². The molecule has 1 aromatic heterocycles. The number of nitrogens with zero attached hydrogens (tertiary/aromatic N) is 2. The van der Waals surface area contributed by atoms with Gasteiger partial charge in [0.1, 0.15) is 22.4 Å². The number of aromatic nitrogens is 2. The Morgan fingerprint density at radius 3 is 2.30 bits per heavy atom. The largest absolute Gasteiger partial charge is 0.503 e. The molecule has 2 aliphatic heterocycles. The van der Waals surface area contributed by atoms with Gasteiger partial charge >= 0.3 is 35.1 Å². The molecule has 4 aromatic rings. The Morgan fingerprint density at radius 2 is 1.64 bits per heavy atom. The summed E-state index contributed by atoms with van der Waals surface area (Å²) >= 11 is 12.9. The lowest BCUT2D eigenvalue weighted by Gasteiger charge is -2.20. The van der Waals surface area contributed by atoms with Crippen LogP contribution in [0.25, 0.3) is 33.4 Å². The SMILES string of the molecule is COc1cc2c(-c3cc(C(=O)NCC#Cc4ccc(COCc5cn([C@H]6C[C@H](O)[C@@H](COP(=O)(O)OP(=O)(O)OP(=O)(O)O)O6)c(=O)[nH]c5=O)c([N+](=O)[O-])c4)ccc3C(=O)O)c3cc(OC)c(=O)c(Cl)c-3oc2c(Cl)c1O. The monoisotopic (exact) mass is 1170 g/mol. The van der Waals surface area contributed by atoms with Gasteiger partial charge in [-0.05, 0) is 48.0 Å². The van der Waals surface area contributed by atoms with Gasteiger partial charge in [0, 0.05) is 46.3 Å². The van der Waals surface area contributed by atoms with E-state index in [9.17, 15) is 72.9 Å². The van der Waals surface area contributed by atoms with E-state index in [1.165, 1.54) is 50.6 Å². The second-order valence-electron chi connectivity index (χ2n) is 16.0. The van der Waals surface area contributed by atoms with Crippen molar-refractivity contribution in [2.75, 3.05) is 27.4 Å². The number of carbonyl (C=O) groups excluding carboxylic acids is 1. The zero-order valence-electron chi connectivity index (χ0n) is 38.9. The average molecular weight is 1170 g/mol. The number of phenolic OH excluding ortho intramolecular Hbond substituents is 1. The summed E-state index contributed by atoms with van der Waals surface area (Å²) in [4.78, 5) is 115. The number of carboxylic acids is 1. The minimum atomic E-state index is -5.85. The van der Waals surface area contributed by atoms with Gasteiger partial charge in [-0.3, -0.25) is 38.6 Å². The normalized spacial score (nSPS) is 17.0. The first-order valence-corrected chi connectivity index (χ1v) is 26.6. The number of aromatic amines is 1. The maximum absolute atomic E-state index is 13.6. The van der Waals surface area contributed by atoms with Crippen LogP contribution >= 0.6 is 46.7 Å². The number of aliphatic hydroxyl groups excluding tert-OH is 1. The molecule has 3 heterocycles. The van der Waals surface area contributed by atoms with Gasteiger partial charge in [0.25, 0.3) is 17.2 Å². The molecule has 29 nitrogen and oxygen atoms in total. The lowest BCUT2D eigenvalue weighted by Crippen LogP contribution is -2.34. The standard InChI is InChI=1S/C43H37Cl2N4O25P3/c1-67-29-12-25-33(26-13-30(68-2)37(52)35(45)39(26)72-38(25)34(44)36(29)51)24-11-20(7-8-23(24)42(55)56)40(53)46-9-3-4-19-5-6-21(27(10-19)49(58)59)16-69-17-22-15-48(43(57)47-41(22)54)32-14-28(50)31(71-32)18-70-76(63,64)74-77(65,66)73-75(60,61)62/h5-8,10-13,15,28,31-32,50-51H,9,14,16-18H2,1-2H3,(H,46,53)(H,55,56)(H,63,64)(H,65,66)(H,47,54,57)(H2,60,61,62)/t28-,31+,32+/m0/s1. The highest BCUT2D eigenvalue weighted by molar-refractivity contribution is 7.66. The molecule has 7 rings (SSSR count). The number of fused-ring (bicyclic) bond motifs is 2. The summed E-state index contributed by atoms with van der Waals surface area (Å²) in [7, 11) is -14.7. The number of benzene rings is 4. The molecular weight excluding hydrogens is 1140 g/mol. The van der Waals surface area contributed by atoms with E-state index < -0.39 is 118 Å². The molecule has 0 radical (unpaired) electrons. The van der Waals surface area contributed by atoms with Gasteiger partial charge in [0.2, 0.25) is 5.43 Å². The summed E-state index contributed by atoms with van der Waals surface area (Å²) in [6, 6.07) is 9.98. The highest BCUT2D eigenvalue weighted by Crippen LogP contribution is 2.66. The lowest BCUT2D eigenvalue weighted by molar-refractivity contribution is -0.386. The molecule has 3 aromatic carbocycles. The number of nitrogens with one attached hydrogen (secondary N) is 2. The van der Waals surface area contributed by atoms with E-state index in [2.05, 4.69) is 30.3 Å². The number of methoxy groups -OCH3 is 2. The Hall–Kier alpha value is -6.80. The van der Waals surface area contributed by atoms with Crippen molar-refractivity contribution in [3.8, 4) is 51.5 Å². The Labute approximate surface area is 438 Å². The number of rotatable bonds is 19. The molecule has 5 atom stereocenters. The first kappa shape index (κ1) is 57.9. The fourth-order valence-electron chi connectivity index (χ4n) is 7.61. The molecule has 0 bridgehead atoms. The highest BCUT2D eigenvalue weighted by Gasteiger charge is 2.43. The van der Waals surface area contributed by atoms with Gasteiger partial charge in [-0.25, -0.2) is 23.3 Å². The van der Waals surface area contributed by atoms with E-state index in [1.807, 2.05) is 4.98 Å². The van der Waals surface area contributed by atoms with Crippen LogP contribution in [-0.2, 0) is 49.5 Å². The van der Waals surface area contributed by atoms with Crippen LogP contribution in [0.3, 0.4) is 0 Å². The average Bonchev–Trinajstić information content (AvgIpc) is 3.77. The summed E-state index contributed by atoms with van der Waals surface area (Å²) in [5.41, 5.74) is -3.94. The Morgan fingerprint density at radius 1 is 0.935 bits per heavy atom. The number of phenols is 1. The van der Waals surface area contributed by atoms with Crippen molar-refractivity contribution in [2.24, 2.45) is 0 Å². The minimum Gasteiger partial charge on any atom is -0.503 e. The van der Waals surface area contributed by atoms with Crippen molar-refractivity contribution in [3.63, 3.8) is 0 Å². The van der Waals surface area contributed by atoms with E-state index >= 15 is 0 Å². The number of amides is 1. The predicted molar refractivity (Wildman–Crippen MR) is 263 cm³/mol. The number of aliphatic hydroxyl groups is 1. The molecule has 77 heavy (non-hydrogen) atoms. The van der Waals surface area contributed by atoms with Crippen LogP contribution in [0.15, 0.2) is 73.5 Å². The van der Waals surface area contributed by atoms with E-state index in [1.54, 1.807) is 0 Å². The summed E-state index contributed by atoms with van der Waals surface area (Å²) in [5, 5.41) is 45.4. The quantitative estimate of drug-likeness (QED) is 0.0177. The van der Waals surface area contributed by atoms with Gasteiger partial charge in [0.05, 0.1) is 68.3 Å². The zero-order chi connectivity index (χ0) is 56.5. The Kier molecular flexibility index (Phi) is 17.3. The number of nitro benzene ring substituents is 1. The zero-order valence-corrected chi connectivity index (χ0v) is 43.1. The smallest absolute Gasteiger partial charge is 0.490 e. The first-order chi connectivity index (χ1) is 36.1. The van der Waals surface area contributed by atoms with Crippen molar-refractivity contribution in [3.05, 3.63) is 134 Å². The number of carbonyl (C=O) groups is 2. The molecule has 0 spiro atoms. The number of aromatic hydroxyl groups is 1. The van der Waals surface area contributed by atoms with Crippen LogP contribution in [0.5, 0.6) is 17.2 Å². The van der Waals surface area contributed by atoms with Gasteiger partial charge in [-0.1, -0.05) is 35.0 Å². The molecule has 1 amide bonds. The molecule has 3 aliphatic rings. The third-order valence-corrected chi connectivity index (χ3v) is 15.5. The van der Waals surface area contributed by atoms with Crippen LogP contribution in [-0.4, -0.2) is 101 Å². The van der Waals surface area contributed by atoms with Crippen LogP contribution in [0.2, 0.25) is 10.0 Å². The predicted octanol–water partition coefficient (Wildman–Crippen LogP) is 4.54. The second-order valence-corrected chi connectivity index (χ2v) is 21.2.